The van der Waals surface area contributed by atoms with E-state index in [0.29, 0.717) is 13.1 Å². The van der Waals surface area contributed by atoms with Crippen LogP contribution >= 0.6 is 0 Å². The third kappa shape index (κ3) is 4.68. The Morgan fingerprint density at radius 3 is 2.84 bits per heavy atom. The molecule has 7 nitrogen and oxygen atoms in total. The average molecular weight is 273 g/mol. The molecule has 0 radical (unpaired) electrons. The molecule has 2 unspecified atom stereocenters. The number of likely N-dealkylation sites (tertiary alicyclic amines) is 1. The lowest BCUT2D eigenvalue weighted by atomic mass is 9.97. The standard InChI is InChI=1S/C12H23N3O4/c1-14(7-10(16)8-19-2)11(17)9-4-3-5-15(6-9)12(13)18/h9-10,16H,3-8H2,1-2H3,(H2,13,18). The molecule has 1 aliphatic rings. The fourth-order valence-electron chi connectivity index (χ4n) is 2.34. The molecular weight excluding hydrogens is 250 g/mol. The number of hydrogen-bond donors (Lipinski definition) is 2. The zero-order valence-electron chi connectivity index (χ0n) is 11.5. The van der Waals surface area contributed by atoms with Crippen LogP contribution in [0.4, 0.5) is 4.79 Å². The highest BCUT2D eigenvalue weighted by Gasteiger charge is 2.29. The minimum Gasteiger partial charge on any atom is -0.389 e. The minimum atomic E-state index is -0.699. The molecule has 1 fully saturated rings. The zero-order chi connectivity index (χ0) is 14.4. The number of nitrogens with two attached hydrogens (primary N) is 1. The number of urea groups is 1. The van der Waals surface area contributed by atoms with E-state index in [9.17, 15) is 14.7 Å². The minimum absolute atomic E-state index is 0.0684. The molecule has 1 heterocycles. The molecule has 0 aliphatic carbocycles. The van der Waals surface area contributed by atoms with Gasteiger partial charge in [0.15, 0.2) is 0 Å². The third-order valence-electron chi connectivity index (χ3n) is 3.30. The lowest BCUT2D eigenvalue weighted by Crippen LogP contribution is -2.48. The highest BCUT2D eigenvalue weighted by molar-refractivity contribution is 5.80. The van der Waals surface area contributed by atoms with Gasteiger partial charge in [0.25, 0.3) is 0 Å². The number of amides is 3. The van der Waals surface area contributed by atoms with E-state index >= 15 is 0 Å². The van der Waals surface area contributed by atoms with Crippen molar-refractivity contribution in [1.29, 1.82) is 0 Å². The largest absolute Gasteiger partial charge is 0.389 e. The molecule has 0 saturated carbocycles. The van der Waals surface area contributed by atoms with E-state index in [-0.39, 0.29) is 25.0 Å². The molecule has 19 heavy (non-hydrogen) atoms. The first-order valence-corrected chi connectivity index (χ1v) is 6.42. The van der Waals surface area contributed by atoms with Gasteiger partial charge in [-0.25, -0.2) is 4.79 Å². The molecule has 110 valence electrons. The van der Waals surface area contributed by atoms with Crippen LogP contribution in [-0.4, -0.2) is 73.3 Å². The van der Waals surface area contributed by atoms with Gasteiger partial charge in [0.1, 0.15) is 0 Å². The predicted molar refractivity (Wildman–Crippen MR) is 69.4 cm³/mol. The van der Waals surface area contributed by atoms with Crippen molar-refractivity contribution in [2.75, 3.05) is 40.4 Å². The molecule has 0 aromatic carbocycles. The predicted octanol–water partition coefficient (Wildman–Crippen LogP) is -0.757. The maximum atomic E-state index is 12.2. The SMILES string of the molecule is COCC(O)CN(C)C(=O)C1CCCN(C(N)=O)C1. The lowest BCUT2D eigenvalue weighted by Gasteiger charge is -2.33. The Morgan fingerprint density at radius 2 is 2.26 bits per heavy atom. The first kappa shape index (κ1) is 15.7. The van der Waals surface area contributed by atoms with Crippen LogP contribution in [0.15, 0.2) is 0 Å². The van der Waals surface area contributed by atoms with Crippen LogP contribution in [0.1, 0.15) is 12.8 Å². The molecule has 1 aliphatic heterocycles. The molecule has 0 aromatic rings. The van der Waals surface area contributed by atoms with Crippen molar-refractivity contribution >= 4 is 11.9 Å². The topological polar surface area (TPSA) is 96.1 Å². The smallest absolute Gasteiger partial charge is 0.314 e. The van der Waals surface area contributed by atoms with Crippen LogP contribution in [0.2, 0.25) is 0 Å². The van der Waals surface area contributed by atoms with E-state index in [1.807, 2.05) is 0 Å². The maximum Gasteiger partial charge on any atom is 0.314 e. The van der Waals surface area contributed by atoms with Crippen LogP contribution in [0.25, 0.3) is 0 Å². The van der Waals surface area contributed by atoms with E-state index in [4.69, 9.17) is 10.5 Å². The first-order chi connectivity index (χ1) is 8.95. The van der Waals surface area contributed by atoms with Gasteiger partial charge >= 0.3 is 6.03 Å². The number of aliphatic hydroxyl groups excluding tert-OH is 1. The molecule has 3 amide bonds. The van der Waals surface area contributed by atoms with Crippen molar-refractivity contribution < 1.29 is 19.4 Å². The summed E-state index contributed by atoms with van der Waals surface area (Å²) in [7, 11) is 3.14. The Labute approximate surface area is 113 Å². The molecule has 0 spiro atoms. The fourth-order valence-corrected chi connectivity index (χ4v) is 2.34. The van der Waals surface area contributed by atoms with E-state index in [1.54, 1.807) is 7.05 Å². The van der Waals surface area contributed by atoms with Crippen molar-refractivity contribution in [1.82, 2.24) is 9.80 Å². The van der Waals surface area contributed by atoms with Crippen LogP contribution in [0, 0.1) is 5.92 Å². The molecule has 1 rings (SSSR count). The normalized spacial score (nSPS) is 21.0. The summed E-state index contributed by atoms with van der Waals surface area (Å²) in [6.07, 6.45) is 0.816. The number of methoxy groups -OCH3 is 1. The van der Waals surface area contributed by atoms with Gasteiger partial charge in [-0.3, -0.25) is 4.79 Å². The summed E-state index contributed by atoms with van der Waals surface area (Å²) in [5.74, 6) is -0.304. The second-order valence-corrected chi connectivity index (χ2v) is 4.95. The Bertz CT molecular complexity index is 324. The summed E-state index contributed by atoms with van der Waals surface area (Å²) in [5, 5.41) is 9.60. The number of ether oxygens (including phenoxy) is 1. The summed E-state index contributed by atoms with van der Waals surface area (Å²) in [6.45, 7) is 1.38. The maximum absolute atomic E-state index is 12.2. The van der Waals surface area contributed by atoms with Crippen LogP contribution < -0.4 is 5.73 Å². The van der Waals surface area contributed by atoms with Gasteiger partial charge in [-0.05, 0) is 12.8 Å². The number of rotatable bonds is 5. The number of aliphatic hydroxyl groups is 1. The van der Waals surface area contributed by atoms with E-state index in [0.717, 1.165) is 12.8 Å². The number of nitrogens with zero attached hydrogens (tertiary/aromatic N) is 2. The molecule has 1 saturated heterocycles. The first-order valence-electron chi connectivity index (χ1n) is 6.42. The Balaban J connectivity index is 2.49. The van der Waals surface area contributed by atoms with Crippen LogP contribution in [-0.2, 0) is 9.53 Å². The van der Waals surface area contributed by atoms with Crippen molar-refractivity contribution in [3.63, 3.8) is 0 Å². The van der Waals surface area contributed by atoms with Crippen LogP contribution in [0.3, 0.4) is 0 Å². The van der Waals surface area contributed by atoms with Crippen molar-refractivity contribution in [2.45, 2.75) is 18.9 Å². The van der Waals surface area contributed by atoms with Crippen molar-refractivity contribution in [3.05, 3.63) is 0 Å². The second kappa shape index (κ2) is 7.30. The molecule has 3 N–H and O–H groups in total. The van der Waals surface area contributed by atoms with E-state index < -0.39 is 12.1 Å². The van der Waals surface area contributed by atoms with Gasteiger partial charge in [0.05, 0.1) is 18.6 Å². The Kier molecular flexibility index (Phi) is 6.04. The van der Waals surface area contributed by atoms with Gasteiger partial charge in [-0.1, -0.05) is 0 Å². The number of hydrogen-bond acceptors (Lipinski definition) is 4. The van der Waals surface area contributed by atoms with Gasteiger partial charge in [0.2, 0.25) is 5.91 Å². The summed E-state index contributed by atoms with van der Waals surface area (Å²) in [4.78, 5) is 26.3. The van der Waals surface area contributed by atoms with Crippen LogP contribution in [0.5, 0.6) is 0 Å². The summed E-state index contributed by atoms with van der Waals surface area (Å²) >= 11 is 0. The van der Waals surface area contributed by atoms with Gasteiger partial charge in [0, 0.05) is 33.8 Å². The van der Waals surface area contributed by atoms with Gasteiger partial charge < -0.3 is 25.4 Å². The number of likely N-dealkylation sites (N-methyl/N-ethyl adjacent to an activating group) is 1. The summed E-state index contributed by atoms with van der Waals surface area (Å²) < 4.78 is 4.82. The number of carbonyl (C=O) groups excluding carboxylic acids is 2. The second-order valence-electron chi connectivity index (χ2n) is 4.95. The summed E-state index contributed by atoms with van der Waals surface area (Å²) in [6, 6.07) is -0.487. The summed E-state index contributed by atoms with van der Waals surface area (Å²) in [5.41, 5.74) is 5.23. The average Bonchev–Trinajstić information content (AvgIpc) is 2.38. The zero-order valence-corrected chi connectivity index (χ0v) is 11.5. The highest BCUT2D eigenvalue weighted by atomic mass is 16.5. The van der Waals surface area contributed by atoms with Crippen molar-refractivity contribution in [3.8, 4) is 0 Å². The molecule has 7 heteroatoms. The molecular formula is C12H23N3O4. The fraction of sp³-hybridized carbons (Fsp3) is 0.833. The lowest BCUT2D eigenvalue weighted by molar-refractivity contribution is -0.137. The quantitative estimate of drug-likeness (QED) is 0.688. The third-order valence-corrected chi connectivity index (χ3v) is 3.30. The Hall–Kier alpha value is -1.34. The number of carbonyl (C=O) groups is 2. The molecule has 2 atom stereocenters. The monoisotopic (exact) mass is 273 g/mol. The van der Waals surface area contributed by atoms with Gasteiger partial charge in [-0.2, -0.15) is 0 Å². The van der Waals surface area contributed by atoms with E-state index in [1.165, 1.54) is 16.9 Å². The highest BCUT2D eigenvalue weighted by Crippen LogP contribution is 2.18. The van der Waals surface area contributed by atoms with Crippen molar-refractivity contribution in [2.24, 2.45) is 11.7 Å². The van der Waals surface area contributed by atoms with Gasteiger partial charge in [-0.15, -0.1) is 0 Å². The number of piperidine rings is 1. The van der Waals surface area contributed by atoms with E-state index in [2.05, 4.69) is 0 Å². The molecule has 0 aromatic heterocycles. The molecule has 0 bridgehead atoms. The number of primary amides is 1. The Morgan fingerprint density at radius 1 is 1.58 bits per heavy atom.